The number of nitrogens with zero attached hydrogens (tertiary/aromatic N) is 2. The maximum absolute atomic E-state index is 13.7. The molecule has 21 heavy (non-hydrogen) atoms. The topological polar surface area (TPSA) is 43.8 Å². The summed E-state index contributed by atoms with van der Waals surface area (Å²) in [5.41, 5.74) is 8.44. The smallest absolute Gasteiger partial charge is 0.201 e. The lowest BCUT2D eigenvalue weighted by Crippen LogP contribution is -2.09. The van der Waals surface area contributed by atoms with Gasteiger partial charge in [0, 0.05) is 12.6 Å². The first-order chi connectivity index (χ1) is 10.1. The van der Waals surface area contributed by atoms with E-state index in [4.69, 9.17) is 17.3 Å². The molecule has 5 heteroatoms. The van der Waals surface area contributed by atoms with Crippen molar-refractivity contribution >= 4 is 28.6 Å². The van der Waals surface area contributed by atoms with Gasteiger partial charge in [-0.3, -0.25) is 0 Å². The van der Waals surface area contributed by atoms with Gasteiger partial charge in [-0.15, -0.1) is 0 Å². The summed E-state index contributed by atoms with van der Waals surface area (Å²) in [6.45, 7) is 2.74. The van der Waals surface area contributed by atoms with E-state index in [1.807, 2.05) is 22.8 Å². The molecule has 0 saturated carbocycles. The normalized spacial score (nSPS) is 12.7. The van der Waals surface area contributed by atoms with Crippen LogP contribution in [0.25, 0.3) is 11.0 Å². The molecule has 2 N–H and O–H groups in total. The zero-order valence-corrected chi connectivity index (χ0v) is 12.3. The van der Waals surface area contributed by atoms with Crippen molar-refractivity contribution in [2.75, 3.05) is 5.73 Å². The molecule has 1 atom stereocenters. The second kappa shape index (κ2) is 5.37. The van der Waals surface area contributed by atoms with E-state index in [0.29, 0.717) is 23.5 Å². The van der Waals surface area contributed by atoms with Gasteiger partial charge in [-0.25, -0.2) is 9.37 Å². The van der Waals surface area contributed by atoms with Gasteiger partial charge in [-0.2, -0.15) is 0 Å². The molecule has 0 aliphatic carbocycles. The Kier molecular flexibility index (Phi) is 3.55. The standard InChI is InChI=1S/C16H15ClFN3/c1-10(11-5-3-2-4-6-11)9-21-15-8-13(18)12(17)7-14(15)20-16(21)19/h2-8,10H,9H2,1H3,(H2,19,20). The largest absolute Gasteiger partial charge is 0.369 e. The van der Waals surface area contributed by atoms with Crippen LogP contribution >= 0.6 is 11.6 Å². The predicted molar refractivity (Wildman–Crippen MR) is 84.0 cm³/mol. The van der Waals surface area contributed by atoms with Gasteiger partial charge in [0.05, 0.1) is 16.1 Å². The molecule has 108 valence electrons. The number of rotatable bonds is 3. The molecule has 1 unspecified atom stereocenters. The quantitative estimate of drug-likeness (QED) is 0.787. The molecule has 1 aromatic heterocycles. The first kappa shape index (κ1) is 13.9. The van der Waals surface area contributed by atoms with E-state index in [9.17, 15) is 4.39 Å². The van der Waals surface area contributed by atoms with Crippen LogP contribution in [0.4, 0.5) is 10.3 Å². The van der Waals surface area contributed by atoms with Crippen molar-refractivity contribution in [3.63, 3.8) is 0 Å². The lowest BCUT2D eigenvalue weighted by molar-refractivity contribution is 0.610. The van der Waals surface area contributed by atoms with Crippen molar-refractivity contribution in [3.05, 3.63) is 58.9 Å². The summed E-state index contributed by atoms with van der Waals surface area (Å²) >= 11 is 5.79. The van der Waals surface area contributed by atoms with Gasteiger partial charge in [-0.1, -0.05) is 48.9 Å². The highest BCUT2D eigenvalue weighted by Crippen LogP contribution is 2.27. The van der Waals surface area contributed by atoms with Crippen molar-refractivity contribution in [1.82, 2.24) is 9.55 Å². The highest BCUT2D eigenvalue weighted by molar-refractivity contribution is 6.31. The number of hydrogen-bond donors (Lipinski definition) is 1. The van der Waals surface area contributed by atoms with Crippen molar-refractivity contribution < 1.29 is 4.39 Å². The highest BCUT2D eigenvalue weighted by atomic mass is 35.5. The van der Waals surface area contributed by atoms with Crippen LogP contribution in [0.15, 0.2) is 42.5 Å². The zero-order chi connectivity index (χ0) is 15.0. The van der Waals surface area contributed by atoms with Crippen LogP contribution in [-0.2, 0) is 6.54 Å². The Hall–Kier alpha value is -2.07. The maximum atomic E-state index is 13.7. The van der Waals surface area contributed by atoms with Gasteiger partial charge in [-0.05, 0) is 17.5 Å². The Morgan fingerprint density at radius 2 is 2.00 bits per heavy atom. The summed E-state index contributed by atoms with van der Waals surface area (Å²) in [6, 6.07) is 13.0. The van der Waals surface area contributed by atoms with Crippen LogP contribution < -0.4 is 5.73 Å². The summed E-state index contributed by atoms with van der Waals surface area (Å²) in [5.74, 6) is 0.150. The summed E-state index contributed by atoms with van der Waals surface area (Å²) in [5, 5.41) is 0.0586. The molecule has 0 bridgehead atoms. The lowest BCUT2D eigenvalue weighted by atomic mass is 10.0. The number of benzene rings is 2. The minimum absolute atomic E-state index is 0.0586. The molecule has 2 aromatic carbocycles. The minimum Gasteiger partial charge on any atom is -0.369 e. The van der Waals surface area contributed by atoms with Crippen LogP contribution in [0.2, 0.25) is 5.02 Å². The van der Waals surface area contributed by atoms with Gasteiger partial charge in [0.15, 0.2) is 0 Å². The number of imidazole rings is 1. The van der Waals surface area contributed by atoms with Gasteiger partial charge in [0.1, 0.15) is 5.82 Å². The van der Waals surface area contributed by atoms with Crippen molar-refractivity contribution in [3.8, 4) is 0 Å². The molecule has 3 aromatic rings. The first-order valence-electron chi connectivity index (χ1n) is 6.72. The summed E-state index contributed by atoms with van der Waals surface area (Å²) in [4.78, 5) is 4.25. The molecule has 0 aliphatic heterocycles. The van der Waals surface area contributed by atoms with E-state index in [-0.39, 0.29) is 10.9 Å². The molecule has 1 heterocycles. The predicted octanol–water partition coefficient (Wildman–Crippen LogP) is 4.21. The molecule has 0 radical (unpaired) electrons. The van der Waals surface area contributed by atoms with Crippen LogP contribution in [0.3, 0.4) is 0 Å². The fraction of sp³-hybridized carbons (Fsp3) is 0.188. The van der Waals surface area contributed by atoms with E-state index in [1.165, 1.54) is 17.7 Å². The first-order valence-corrected chi connectivity index (χ1v) is 7.09. The SMILES string of the molecule is CC(Cn1c(N)nc2cc(Cl)c(F)cc21)c1ccccc1. The number of hydrogen-bond acceptors (Lipinski definition) is 2. The number of anilines is 1. The van der Waals surface area contributed by atoms with Gasteiger partial charge >= 0.3 is 0 Å². The Morgan fingerprint density at radius 1 is 1.29 bits per heavy atom. The summed E-state index contributed by atoms with van der Waals surface area (Å²) in [6.07, 6.45) is 0. The van der Waals surface area contributed by atoms with Gasteiger partial charge in [0.2, 0.25) is 5.95 Å². The van der Waals surface area contributed by atoms with Crippen molar-refractivity contribution in [2.24, 2.45) is 0 Å². The van der Waals surface area contributed by atoms with Crippen LogP contribution in [0, 0.1) is 5.82 Å². The second-order valence-corrected chi connectivity index (χ2v) is 5.55. The Morgan fingerprint density at radius 3 is 2.71 bits per heavy atom. The summed E-state index contributed by atoms with van der Waals surface area (Å²) in [7, 11) is 0. The van der Waals surface area contributed by atoms with Crippen LogP contribution in [0.1, 0.15) is 18.4 Å². The maximum Gasteiger partial charge on any atom is 0.201 e. The highest BCUT2D eigenvalue weighted by Gasteiger charge is 2.14. The van der Waals surface area contributed by atoms with E-state index < -0.39 is 5.82 Å². The van der Waals surface area contributed by atoms with E-state index >= 15 is 0 Å². The molecule has 3 rings (SSSR count). The zero-order valence-electron chi connectivity index (χ0n) is 11.6. The van der Waals surface area contributed by atoms with Crippen molar-refractivity contribution in [2.45, 2.75) is 19.4 Å². The second-order valence-electron chi connectivity index (χ2n) is 5.15. The third kappa shape index (κ3) is 2.59. The molecular weight excluding hydrogens is 289 g/mol. The number of nitrogens with two attached hydrogens (primary N) is 1. The third-order valence-corrected chi connectivity index (χ3v) is 3.93. The van der Waals surface area contributed by atoms with E-state index in [2.05, 4.69) is 24.0 Å². The number of halogens is 2. The fourth-order valence-corrected chi connectivity index (χ4v) is 2.65. The van der Waals surface area contributed by atoms with Gasteiger partial charge < -0.3 is 10.3 Å². The molecule has 0 spiro atoms. The van der Waals surface area contributed by atoms with E-state index in [0.717, 1.165) is 0 Å². The molecule has 0 aliphatic rings. The van der Waals surface area contributed by atoms with Gasteiger partial charge in [0.25, 0.3) is 0 Å². The number of aromatic nitrogens is 2. The molecule has 0 amide bonds. The lowest BCUT2D eigenvalue weighted by Gasteiger charge is -2.14. The number of nitrogen functional groups attached to an aromatic ring is 1. The Bertz CT molecular complexity index is 783. The average Bonchev–Trinajstić information content (AvgIpc) is 2.76. The Labute approximate surface area is 127 Å². The van der Waals surface area contributed by atoms with Crippen LogP contribution in [0.5, 0.6) is 0 Å². The molecular formula is C16H15ClFN3. The molecule has 0 fully saturated rings. The molecule has 0 saturated heterocycles. The number of fused-ring (bicyclic) bond motifs is 1. The fourth-order valence-electron chi connectivity index (χ4n) is 2.49. The third-order valence-electron chi connectivity index (χ3n) is 3.64. The van der Waals surface area contributed by atoms with E-state index in [1.54, 1.807) is 0 Å². The monoisotopic (exact) mass is 303 g/mol. The summed E-state index contributed by atoms with van der Waals surface area (Å²) < 4.78 is 15.5. The minimum atomic E-state index is -0.460. The van der Waals surface area contributed by atoms with Crippen molar-refractivity contribution in [1.29, 1.82) is 0 Å². The molecule has 3 nitrogen and oxygen atoms in total. The van der Waals surface area contributed by atoms with Crippen LogP contribution in [-0.4, -0.2) is 9.55 Å². The Balaban J connectivity index is 2.01. The average molecular weight is 304 g/mol.